The summed E-state index contributed by atoms with van der Waals surface area (Å²) in [5, 5.41) is 0.711. The molecule has 1 heterocycles. The molecule has 3 nitrogen and oxygen atoms in total. The molecule has 7 heteroatoms. The minimum absolute atomic E-state index is 0. The van der Waals surface area contributed by atoms with Gasteiger partial charge in [-0.15, -0.1) is 0 Å². The van der Waals surface area contributed by atoms with Crippen molar-refractivity contribution in [3.05, 3.63) is 86.2 Å². The van der Waals surface area contributed by atoms with Crippen molar-refractivity contribution in [1.29, 1.82) is 0 Å². The Kier molecular flexibility index (Phi) is 19.8. The van der Waals surface area contributed by atoms with Crippen molar-refractivity contribution in [3.8, 4) is 0 Å². The second kappa shape index (κ2) is 24.7. The van der Waals surface area contributed by atoms with Crippen molar-refractivity contribution < 1.29 is 41.9 Å². The van der Waals surface area contributed by atoms with Crippen LogP contribution < -0.4 is 24.8 Å². The van der Waals surface area contributed by atoms with Gasteiger partial charge in [0.25, 0.3) is 0 Å². The second-order valence-corrected chi connectivity index (χ2v) is 20.7. The standard InChI is InChI=1S/C55H74ClN3.2ClH.Fe/c56-47-35-48(37-57-54-50(41-23-11-3-12-24-41)31-45(39-19-7-1-8-20-39)32-51(54)42-25-13-4-14-26-42)59-49(36-47)38-58-55-52(43-27-15-5-16-28-43)33-46(40-21-9-2-10-22-40)34-53(55)44-29-17-6-18-30-44;;;/h31-44H,1-30H2;2*1H;/q;;;+2/p-2. The van der Waals surface area contributed by atoms with E-state index in [-0.39, 0.29) is 41.9 Å². The summed E-state index contributed by atoms with van der Waals surface area (Å²) in [5.41, 5.74) is 13.6. The number of aliphatic imine (C=N–C) groups is 2. The molecule has 3 aromatic rings. The van der Waals surface area contributed by atoms with Gasteiger partial charge in [-0.25, -0.2) is 4.98 Å². The Hall–Kier alpha value is -1.68. The minimum atomic E-state index is 0. The van der Waals surface area contributed by atoms with Crippen LogP contribution in [0.4, 0.5) is 11.4 Å². The molecule has 6 aliphatic rings. The number of nitrogens with zero attached hydrogens (tertiary/aromatic N) is 3. The van der Waals surface area contributed by atoms with E-state index in [1.54, 1.807) is 11.1 Å². The predicted octanol–water partition coefficient (Wildman–Crippen LogP) is 11.5. The number of pyridine rings is 1. The van der Waals surface area contributed by atoms with Crippen LogP contribution in [0.15, 0.2) is 46.4 Å². The molecule has 0 amide bonds. The fourth-order valence-corrected chi connectivity index (χ4v) is 13.1. The number of aromatic nitrogens is 1. The molecular weight excluding hydrogens is 865 g/mol. The summed E-state index contributed by atoms with van der Waals surface area (Å²) in [7, 11) is 0. The maximum absolute atomic E-state index is 6.98. The zero-order chi connectivity index (χ0) is 39.8. The van der Waals surface area contributed by atoms with E-state index in [2.05, 4.69) is 36.7 Å². The zero-order valence-corrected chi connectivity index (χ0v) is 41.0. The molecule has 6 saturated carbocycles. The molecule has 6 aliphatic carbocycles. The van der Waals surface area contributed by atoms with Gasteiger partial charge in [0.15, 0.2) is 0 Å². The number of hydrogen-bond acceptors (Lipinski definition) is 3. The van der Waals surface area contributed by atoms with E-state index < -0.39 is 0 Å². The first-order valence-electron chi connectivity index (χ1n) is 25.3. The molecule has 0 spiro atoms. The van der Waals surface area contributed by atoms with Gasteiger partial charge in [-0.1, -0.05) is 151 Å². The maximum atomic E-state index is 6.98. The van der Waals surface area contributed by atoms with Crippen molar-refractivity contribution in [3.63, 3.8) is 0 Å². The van der Waals surface area contributed by atoms with E-state index in [4.69, 9.17) is 26.6 Å². The van der Waals surface area contributed by atoms with Gasteiger partial charge in [0.05, 0.1) is 35.2 Å². The molecule has 0 N–H and O–H groups in total. The average molecular weight is 939 g/mol. The van der Waals surface area contributed by atoms with Gasteiger partial charge in [0, 0.05) is 5.02 Å². The Bertz CT molecular complexity index is 1690. The second-order valence-electron chi connectivity index (χ2n) is 20.3. The molecular formula is C55H74Cl3FeN3. The fraction of sp³-hybridized carbons (Fsp3) is 0.655. The molecule has 6 fully saturated rings. The number of benzene rings is 2. The van der Waals surface area contributed by atoms with Gasteiger partial charge in [-0.2, -0.15) is 0 Å². The van der Waals surface area contributed by atoms with Gasteiger partial charge in [-0.05, 0) is 158 Å². The van der Waals surface area contributed by atoms with Crippen LogP contribution in [0, 0.1) is 0 Å². The Morgan fingerprint density at radius 1 is 0.371 bits per heavy atom. The molecule has 0 bridgehead atoms. The number of rotatable bonds is 10. The molecule has 0 saturated heterocycles. The molecule has 0 atom stereocenters. The SMILES string of the molecule is Clc1cc(C=Nc2c(C3CCCCC3)cc(C3CCCCC3)cc2C2CCCCC2)nc(C=Nc2c(C3CCCCC3)cc(C3CCCCC3)cc2C2CCCCC2)c1.[Cl-].[Cl-].[Fe+2]. The normalized spacial score (nSPS) is 22.0. The monoisotopic (exact) mass is 937 g/mol. The van der Waals surface area contributed by atoms with Crippen LogP contribution in [0.2, 0.25) is 5.02 Å². The molecule has 2 aromatic carbocycles. The smallest absolute Gasteiger partial charge is 1.00 e. The fourth-order valence-electron chi connectivity index (χ4n) is 12.9. The van der Waals surface area contributed by atoms with Gasteiger partial charge in [0.1, 0.15) is 0 Å². The third kappa shape index (κ3) is 12.4. The van der Waals surface area contributed by atoms with Crippen LogP contribution in [-0.4, -0.2) is 17.4 Å². The largest absolute Gasteiger partial charge is 2.00 e. The average Bonchev–Trinajstić information content (AvgIpc) is 3.31. The number of halogens is 3. The Morgan fingerprint density at radius 2 is 0.613 bits per heavy atom. The summed E-state index contributed by atoms with van der Waals surface area (Å²) in [4.78, 5) is 16.3. The van der Waals surface area contributed by atoms with Crippen molar-refractivity contribution in [2.24, 2.45) is 9.98 Å². The number of hydrogen-bond donors (Lipinski definition) is 0. The van der Waals surface area contributed by atoms with Crippen molar-refractivity contribution in [2.75, 3.05) is 0 Å². The maximum Gasteiger partial charge on any atom is 2.00 e. The first-order chi connectivity index (χ1) is 29.2. The Labute approximate surface area is 404 Å². The van der Waals surface area contributed by atoms with Gasteiger partial charge in [0.2, 0.25) is 0 Å². The summed E-state index contributed by atoms with van der Waals surface area (Å²) in [6.07, 6.45) is 44.4. The van der Waals surface area contributed by atoms with Gasteiger partial charge < -0.3 is 24.8 Å². The topological polar surface area (TPSA) is 37.6 Å². The van der Waals surface area contributed by atoms with Crippen LogP contribution in [0.3, 0.4) is 0 Å². The third-order valence-electron chi connectivity index (χ3n) is 16.2. The van der Waals surface area contributed by atoms with Crippen molar-refractivity contribution in [2.45, 2.75) is 228 Å². The molecule has 1 aromatic heterocycles. The van der Waals surface area contributed by atoms with Crippen LogP contribution >= 0.6 is 11.6 Å². The summed E-state index contributed by atoms with van der Waals surface area (Å²) in [6.45, 7) is 0. The van der Waals surface area contributed by atoms with E-state index in [0.717, 1.165) is 11.4 Å². The van der Waals surface area contributed by atoms with E-state index in [9.17, 15) is 0 Å². The van der Waals surface area contributed by atoms with Crippen molar-refractivity contribution in [1.82, 2.24) is 4.98 Å². The zero-order valence-electron chi connectivity index (χ0n) is 37.6. The Balaban J connectivity index is 0.00000214. The van der Waals surface area contributed by atoms with E-state index in [0.29, 0.717) is 40.5 Å². The van der Waals surface area contributed by atoms with E-state index in [1.807, 2.05) is 12.1 Å². The van der Waals surface area contributed by atoms with Gasteiger partial charge >= 0.3 is 17.1 Å². The molecule has 0 unspecified atom stereocenters. The van der Waals surface area contributed by atoms with Crippen LogP contribution in [0.25, 0.3) is 0 Å². The predicted molar refractivity (Wildman–Crippen MR) is 252 cm³/mol. The van der Waals surface area contributed by atoms with Crippen LogP contribution in [-0.2, 0) is 17.1 Å². The third-order valence-corrected chi connectivity index (χ3v) is 16.4. The quantitative estimate of drug-likeness (QED) is 0.147. The summed E-state index contributed by atoms with van der Waals surface area (Å²) < 4.78 is 0. The van der Waals surface area contributed by atoms with E-state index in [1.165, 1.54) is 226 Å². The first-order valence-corrected chi connectivity index (χ1v) is 25.7. The van der Waals surface area contributed by atoms with Crippen LogP contribution in [0.5, 0.6) is 0 Å². The first kappa shape index (κ1) is 49.7. The molecule has 338 valence electrons. The molecule has 9 rings (SSSR count). The van der Waals surface area contributed by atoms with Gasteiger partial charge in [-0.3, -0.25) is 9.98 Å². The van der Waals surface area contributed by atoms with Crippen molar-refractivity contribution >= 4 is 35.4 Å². The molecule has 62 heavy (non-hydrogen) atoms. The summed E-state index contributed by atoms with van der Waals surface area (Å²) in [5.74, 6) is 3.86. The minimum Gasteiger partial charge on any atom is -1.00 e. The summed E-state index contributed by atoms with van der Waals surface area (Å²) >= 11 is 6.98. The van der Waals surface area contributed by atoms with E-state index >= 15 is 0 Å². The Morgan fingerprint density at radius 3 is 0.871 bits per heavy atom. The molecule has 0 radical (unpaired) electrons. The molecule has 0 aliphatic heterocycles. The summed E-state index contributed by atoms with van der Waals surface area (Å²) in [6, 6.07) is 14.6. The van der Waals surface area contributed by atoms with Crippen LogP contribution in [0.1, 0.15) is 273 Å².